The van der Waals surface area contributed by atoms with Gasteiger partial charge in [-0.05, 0) is 46.1 Å². The first-order chi connectivity index (χ1) is 9.04. The van der Waals surface area contributed by atoms with E-state index in [2.05, 4.69) is 37.3 Å². The predicted molar refractivity (Wildman–Crippen MR) is 82.1 cm³/mol. The Morgan fingerprint density at radius 3 is 2.47 bits per heavy atom. The average molecular weight is 388 g/mol. The minimum Gasteiger partial charge on any atom is -0.271 e. The SMILES string of the molecule is Cc1ccc(C(NN)c2cccc(Br)c2F)c(Br)c1. The van der Waals surface area contributed by atoms with Crippen molar-refractivity contribution in [2.24, 2.45) is 5.84 Å². The number of hydrazine groups is 1. The molecular formula is C14H13Br2FN2. The zero-order valence-electron chi connectivity index (χ0n) is 10.3. The molecule has 0 spiro atoms. The lowest BCUT2D eigenvalue weighted by molar-refractivity contribution is 0.555. The predicted octanol–water partition coefficient (Wildman–Crippen LogP) is 4.21. The van der Waals surface area contributed by atoms with E-state index in [0.29, 0.717) is 10.0 Å². The molecule has 1 atom stereocenters. The van der Waals surface area contributed by atoms with Gasteiger partial charge in [-0.2, -0.15) is 0 Å². The summed E-state index contributed by atoms with van der Waals surface area (Å²) in [6.45, 7) is 2.00. The lowest BCUT2D eigenvalue weighted by Crippen LogP contribution is -2.29. The van der Waals surface area contributed by atoms with Crippen LogP contribution in [0.2, 0.25) is 0 Å². The highest BCUT2D eigenvalue weighted by Gasteiger charge is 2.20. The van der Waals surface area contributed by atoms with Gasteiger partial charge in [0.2, 0.25) is 0 Å². The molecule has 0 radical (unpaired) electrons. The van der Waals surface area contributed by atoms with Crippen molar-refractivity contribution in [1.29, 1.82) is 0 Å². The van der Waals surface area contributed by atoms with Gasteiger partial charge >= 0.3 is 0 Å². The van der Waals surface area contributed by atoms with Gasteiger partial charge in [-0.15, -0.1) is 0 Å². The van der Waals surface area contributed by atoms with Gasteiger partial charge in [0.15, 0.2) is 0 Å². The quantitative estimate of drug-likeness (QED) is 0.611. The smallest absolute Gasteiger partial charge is 0.142 e. The van der Waals surface area contributed by atoms with Crippen molar-refractivity contribution in [1.82, 2.24) is 5.43 Å². The van der Waals surface area contributed by atoms with Crippen molar-refractivity contribution in [2.75, 3.05) is 0 Å². The van der Waals surface area contributed by atoms with Gasteiger partial charge in [-0.1, -0.05) is 40.2 Å². The number of nitrogens with one attached hydrogen (secondary N) is 1. The summed E-state index contributed by atoms with van der Waals surface area (Å²) < 4.78 is 15.5. The standard InChI is InChI=1S/C14H13Br2FN2/c1-8-5-6-9(12(16)7-8)14(19-18)10-3-2-4-11(15)13(10)17/h2-7,14,19H,18H2,1H3. The van der Waals surface area contributed by atoms with E-state index in [0.717, 1.165) is 15.6 Å². The topological polar surface area (TPSA) is 38.0 Å². The average Bonchev–Trinajstić information content (AvgIpc) is 2.37. The third kappa shape index (κ3) is 3.05. The molecule has 2 rings (SSSR count). The molecule has 19 heavy (non-hydrogen) atoms. The molecule has 0 bridgehead atoms. The minimum atomic E-state index is -0.410. The second-order valence-electron chi connectivity index (χ2n) is 4.27. The molecule has 0 saturated heterocycles. The lowest BCUT2D eigenvalue weighted by atomic mass is 9.98. The van der Waals surface area contributed by atoms with Crippen LogP contribution in [0.4, 0.5) is 4.39 Å². The van der Waals surface area contributed by atoms with Crippen LogP contribution in [-0.2, 0) is 0 Å². The van der Waals surface area contributed by atoms with E-state index in [1.165, 1.54) is 0 Å². The van der Waals surface area contributed by atoms with Crippen LogP contribution in [0.3, 0.4) is 0 Å². The lowest BCUT2D eigenvalue weighted by Gasteiger charge is -2.19. The number of hydrogen-bond donors (Lipinski definition) is 2. The van der Waals surface area contributed by atoms with Crippen molar-refractivity contribution in [3.05, 3.63) is 67.9 Å². The normalized spacial score (nSPS) is 12.5. The molecule has 100 valence electrons. The van der Waals surface area contributed by atoms with Crippen LogP contribution >= 0.6 is 31.9 Å². The Bertz CT molecular complexity index is 602. The van der Waals surface area contributed by atoms with Crippen LogP contribution in [0.5, 0.6) is 0 Å². The van der Waals surface area contributed by atoms with Crippen LogP contribution in [-0.4, -0.2) is 0 Å². The number of hydrogen-bond acceptors (Lipinski definition) is 2. The molecular weight excluding hydrogens is 375 g/mol. The molecule has 0 aliphatic heterocycles. The molecule has 5 heteroatoms. The van der Waals surface area contributed by atoms with Crippen molar-refractivity contribution in [3.8, 4) is 0 Å². The summed E-state index contributed by atoms with van der Waals surface area (Å²) >= 11 is 6.69. The molecule has 0 fully saturated rings. The highest BCUT2D eigenvalue weighted by molar-refractivity contribution is 9.10. The van der Waals surface area contributed by atoms with E-state index >= 15 is 0 Å². The Kier molecular flexibility index (Phi) is 4.73. The summed E-state index contributed by atoms with van der Waals surface area (Å²) in [5, 5.41) is 0. The summed E-state index contributed by atoms with van der Waals surface area (Å²) in [5.41, 5.74) is 5.19. The first kappa shape index (κ1) is 14.7. The van der Waals surface area contributed by atoms with Gasteiger partial charge in [0, 0.05) is 10.0 Å². The second-order valence-corrected chi connectivity index (χ2v) is 5.98. The summed E-state index contributed by atoms with van der Waals surface area (Å²) in [7, 11) is 0. The van der Waals surface area contributed by atoms with Gasteiger partial charge in [0.25, 0.3) is 0 Å². The molecule has 2 aromatic rings. The largest absolute Gasteiger partial charge is 0.271 e. The summed E-state index contributed by atoms with van der Waals surface area (Å²) in [4.78, 5) is 0. The Hall–Kier alpha value is -0.750. The first-order valence-corrected chi connectivity index (χ1v) is 7.29. The fraction of sp³-hybridized carbons (Fsp3) is 0.143. The number of benzene rings is 2. The minimum absolute atomic E-state index is 0.307. The molecule has 0 aliphatic rings. The monoisotopic (exact) mass is 386 g/mol. The maximum atomic E-state index is 14.2. The number of aryl methyl sites for hydroxylation is 1. The number of nitrogens with two attached hydrogens (primary N) is 1. The first-order valence-electron chi connectivity index (χ1n) is 5.70. The van der Waals surface area contributed by atoms with Crippen molar-refractivity contribution < 1.29 is 4.39 Å². The molecule has 3 N–H and O–H groups in total. The van der Waals surface area contributed by atoms with E-state index in [1.54, 1.807) is 18.2 Å². The molecule has 2 nitrogen and oxygen atoms in total. The van der Waals surface area contributed by atoms with Crippen LogP contribution in [0.1, 0.15) is 22.7 Å². The molecule has 0 heterocycles. The Labute approximate surface area is 128 Å². The van der Waals surface area contributed by atoms with Gasteiger partial charge in [-0.3, -0.25) is 5.84 Å². The Morgan fingerprint density at radius 2 is 1.84 bits per heavy atom. The van der Waals surface area contributed by atoms with Crippen LogP contribution in [0.15, 0.2) is 45.3 Å². The zero-order chi connectivity index (χ0) is 14.0. The van der Waals surface area contributed by atoms with Gasteiger partial charge in [0.05, 0.1) is 10.5 Å². The highest BCUT2D eigenvalue weighted by atomic mass is 79.9. The molecule has 2 aromatic carbocycles. The van der Waals surface area contributed by atoms with Crippen LogP contribution in [0, 0.1) is 12.7 Å². The number of halogens is 3. The summed E-state index contributed by atoms with van der Waals surface area (Å²) in [6, 6.07) is 10.6. The van der Waals surface area contributed by atoms with Crippen molar-refractivity contribution in [2.45, 2.75) is 13.0 Å². The maximum absolute atomic E-state index is 14.2. The zero-order valence-corrected chi connectivity index (χ0v) is 13.4. The maximum Gasteiger partial charge on any atom is 0.142 e. The van der Waals surface area contributed by atoms with E-state index in [4.69, 9.17) is 5.84 Å². The van der Waals surface area contributed by atoms with Gasteiger partial charge in [0.1, 0.15) is 5.82 Å². The fourth-order valence-corrected chi connectivity index (χ4v) is 3.06. The third-order valence-corrected chi connectivity index (χ3v) is 4.23. The second kappa shape index (κ2) is 6.13. The van der Waals surface area contributed by atoms with Gasteiger partial charge in [-0.25, -0.2) is 9.82 Å². The van der Waals surface area contributed by atoms with Gasteiger partial charge < -0.3 is 0 Å². The summed E-state index contributed by atoms with van der Waals surface area (Å²) in [6.07, 6.45) is 0. The molecule has 0 amide bonds. The van der Waals surface area contributed by atoms with Crippen molar-refractivity contribution >= 4 is 31.9 Å². The van der Waals surface area contributed by atoms with E-state index < -0.39 is 6.04 Å². The van der Waals surface area contributed by atoms with E-state index in [1.807, 2.05) is 25.1 Å². The molecule has 1 unspecified atom stereocenters. The Morgan fingerprint density at radius 1 is 1.11 bits per heavy atom. The highest BCUT2D eigenvalue weighted by Crippen LogP contribution is 2.32. The fourth-order valence-electron chi connectivity index (χ4n) is 1.96. The third-order valence-electron chi connectivity index (χ3n) is 2.93. The molecule has 0 aromatic heterocycles. The van der Waals surface area contributed by atoms with E-state index in [-0.39, 0.29) is 5.82 Å². The van der Waals surface area contributed by atoms with Crippen LogP contribution < -0.4 is 11.3 Å². The molecule has 0 aliphatic carbocycles. The van der Waals surface area contributed by atoms with E-state index in [9.17, 15) is 4.39 Å². The molecule has 0 saturated carbocycles. The number of rotatable bonds is 3. The Balaban J connectivity index is 2.53. The van der Waals surface area contributed by atoms with Crippen LogP contribution in [0.25, 0.3) is 0 Å². The van der Waals surface area contributed by atoms with Crippen molar-refractivity contribution in [3.63, 3.8) is 0 Å². The summed E-state index contributed by atoms with van der Waals surface area (Å²) in [5.74, 6) is 5.30.